The van der Waals surface area contributed by atoms with E-state index in [1.807, 2.05) is 30.3 Å². The number of aromatic nitrogens is 5. The second-order valence-corrected chi connectivity index (χ2v) is 6.66. The lowest BCUT2D eigenvalue weighted by atomic mass is 10.1. The van der Waals surface area contributed by atoms with Crippen LogP contribution in [0, 0.1) is 0 Å². The number of nitrogens with zero attached hydrogens (tertiary/aromatic N) is 6. The Labute approximate surface area is 167 Å². The lowest BCUT2D eigenvalue weighted by Gasteiger charge is -2.26. The molecule has 1 fully saturated rings. The summed E-state index contributed by atoms with van der Waals surface area (Å²) >= 11 is 0. The summed E-state index contributed by atoms with van der Waals surface area (Å²) in [4.78, 5) is 24.2. The Morgan fingerprint density at radius 3 is 2.62 bits per heavy atom. The third kappa shape index (κ3) is 3.70. The molecule has 0 unspecified atom stereocenters. The van der Waals surface area contributed by atoms with Crippen molar-refractivity contribution in [1.29, 1.82) is 0 Å². The van der Waals surface area contributed by atoms with Crippen molar-refractivity contribution in [3.63, 3.8) is 0 Å². The van der Waals surface area contributed by atoms with E-state index in [1.165, 1.54) is 0 Å². The lowest BCUT2D eigenvalue weighted by molar-refractivity contribution is 0.122. The summed E-state index contributed by atoms with van der Waals surface area (Å²) in [6.45, 7) is 3.00. The van der Waals surface area contributed by atoms with Crippen LogP contribution in [0.1, 0.15) is 0 Å². The van der Waals surface area contributed by atoms with Crippen molar-refractivity contribution >= 4 is 28.4 Å². The van der Waals surface area contributed by atoms with Gasteiger partial charge in [0.25, 0.3) is 0 Å². The van der Waals surface area contributed by atoms with E-state index in [1.54, 1.807) is 24.9 Å². The summed E-state index contributed by atoms with van der Waals surface area (Å²) in [5.74, 6) is 1.47. The second-order valence-electron chi connectivity index (χ2n) is 6.66. The van der Waals surface area contributed by atoms with Crippen LogP contribution >= 0.6 is 0 Å². The molecule has 0 aliphatic carbocycles. The molecule has 1 aromatic carbocycles. The first-order valence-corrected chi connectivity index (χ1v) is 9.45. The third-order valence-electron chi connectivity index (χ3n) is 4.81. The molecule has 0 radical (unpaired) electrons. The molecule has 0 atom stereocenters. The van der Waals surface area contributed by atoms with Crippen molar-refractivity contribution < 1.29 is 4.74 Å². The average Bonchev–Trinajstić information content (AvgIpc) is 2.80. The highest BCUT2D eigenvalue weighted by molar-refractivity contribution is 5.93. The van der Waals surface area contributed by atoms with Gasteiger partial charge in [-0.3, -0.25) is 4.98 Å². The first-order valence-electron chi connectivity index (χ1n) is 9.45. The van der Waals surface area contributed by atoms with E-state index in [9.17, 15) is 0 Å². The number of hydrogen-bond acceptors (Lipinski definition) is 8. The van der Waals surface area contributed by atoms with E-state index in [-0.39, 0.29) is 0 Å². The maximum absolute atomic E-state index is 5.42. The van der Waals surface area contributed by atoms with Gasteiger partial charge in [-0.2, -0.15) is 0 Å². The monoisotopic (exact) mass is 385 g/mol. The molecule has 5 rings (SSSR count). The number of morpholine rings is 1. The fourth-order valence-corrected chi connectivity index (χ4v) is 3.31. The lowest BCUT2D eigenvalue weighted by Crippen LogP contribution is -2.37. The van der Waals surface area contributed by atoms with Crippen molar-refractivity contribution in [3.8, 4) is 11.3 Å². The molecule has 0 spiro atoms. The van der Waals surface area contributed by atoms with Crippen LogP contribution in [-0.4, -0.2) is 51.2 Å². The van der Waals surface area contributed by atoms with Gasteiger partial charge in [-0.25, -0.2) is 19.9 Å². The van der Waals surface area contributed by atoms with E-state index >= 15 is 0 Å². The molecule has 29 heavy (non-hydrogen) atoms. The van der Waals surface area contributed by atoms with Crippen LogP contribution in [0.2, 0.25) is 0 Å². The molecule has 0 bridgehead atoms. The molecule has 1 N–H and O–H groups in total. The van der Waals surface area contributed by atoms with Gasteiger partial charge >= 0.3 is 0 Å². The SMILES string of the molecule is c1cc(Nc2ncnc3ccc(-c4ccnc(N5CCOCC5)n4)cc23)ccn1. The molecule has 1 saturated heterocycles. The van der Waals surface area contributed by atoms with Gasteiger partial charge in [-0.1, -0.05) is 6.07 Å². The number of fused-ring (bicyclic) bond motifs is 1. The number of anilines is 3. The largest absolute Gasteiger partial charge is 0.378 e. The molecule has 3 aromatic heterocycles. The highest BCUT2D eigenvalue weighted by Gasteiger charge is 2.15. The van der Waals surface area contributed by atoms with Gasteiger partial charge in [-0.15, -0.1) is 0 Å². The minimum Gasteiger partial charge on any atom is -0.378 e. The molecule has 144 valence electrons. The molecule has 8 heteroatoms. The molecule has 8 nitrogen and oxygen atoms in total. The Kier molecular flexibility index (Phi) is 4.67. The quantitative estimate of drug-likeness (QED) is 0.573. The van der Waals surface area contributed by atoms with Crippen LogP contribution in [0.25, 0.3) is 22.2 Å². The highest BCUT2D eigenvalue weighted by atomic mass is 16.5. The summed E-state index contributed by atoms with van der Waals surface area (Å²) in [6, 6.07) is 11.8. The predicted octanol–water partition coefficient (Wildman–Crippen LogP) is 3.06. The van der Waals surface area contributed by atoms with Gasteiger partial charge in [0, 0.05) is 48.3 Å². The number of nitrogens with one attached hydrogen (secondary N) is 1. The Morgan fingerprint density at radius 1 is 0.897 bits per heavy atom. The Bertz CT molecular complexity index is 1130. The summed E-state index contributed by atoms with van der Waals surface area (Å²) < 4.78 is 5.42. The smallest absolute Gasteiger partial charge is 0.226 e. The number of benzene rings is 1. The fourth-order valence-electron chi connectivity index (χ4n) is 3.31. The molecule has 0 saturated carbocycles. The van der Waals surface area contributed by atoms with Gasteiger partial charge in [0.05, 0.1) is 24.4 Å². The van der Waals surface area contributed by atoms with Crippen LogP contribution in [0.5, 0.6) is 0 Å². The Morgan fingerprint density at radius 2 is 1.76 bits per heavy atom. The molecule has 0 amide bonds. The number of rotatable bonds is 4. The van der Waals surface area contributed by atoms with Crippen LogP contribution in [0.4, 0.5) is 17.5 Å². The van der Waals surface area contributed by atoms with Crippen LogP contribution in [0.15, 0.2) is 61.3 Å². The van der Waals surface area contributed by atoms with Gasteiger partial charge < -0.3 is 15.0 Å². The molecule has 4 aromatic rings. The second kappa shape index (κ2) is 7.76. The zero-order chi connectivity index (χ0) is 19.5. The van der Waals surface area contributed by atoms with Crippen molar-refractivity contribution in [1.82, 2.24) is 24.9 Å². The van der Waals surface area contributed by atoms with Crippen LogP contribution in [-0.2, 0) is 4.74 Å². The summed E-state index contributed by atoms with van der Waals surface area (Å²) in [5.41, 5.74) is 3.63. The zero-order valence-corrected chi connectivity index (χ0v) is 15.7. The molecule has 1 aliphatic heterocycles. The van der Waals surface area contributed by atoms with Crippen molar-refractivity contribution in [3.05, 3.63) is 61.3 Å². The van der Waals surface area contributed by atoms with Crippen LogP contribution in [0.3, 0.4) is 0 Å². The normalized spacial score (nSPS) is 14.1. The molecular formula is C21H19N7O. The van der Waals surface area contributed by atoms with E-state index in [0.717, 1.165) is 52.7 Å². The minimum atomic E-state index is 0.699. The van der Waals surface area contributed by atoms with E-state index in [4.69, 9.17) is 9.72 Å². The summed E-state index contributed by atoms with van der Waals surface area (Å²) in [5, 5.41) is 4.27. The van der Waals surface area contributed by atoms with Crippen molar-refractivity contribution in [2.24, 2.45) is 0 Å². The van der Waals surface area contributed by atoms with Gasteiger partial charge in [0.2, 0.25) is 5.95 Å². The predicted molar refractivity (Wildman–Crippen MR) is 111 cm³/mol. The maximum atomic E-state index is 5.42. The third-order valence-corrected chi connectivity index (χ3v) is 4.81. The average molecular weight is 385 g/mol. The van der Waals surface area contributed by atoms with Gasteiger partial charge in [0.1, 0.15) is 12.1 Å². The van der Waals surface area contributed by atoms with E-state index in [2.05, 4.69) is 36.2 Å². The van der Waals surface area contributed by atoms with E-state index in [0.29, 0.717) is 13.2 Å². The topological polar surface area (TPSA) is 89.0 Å². The molecular weight excluding hydrogens is 366 g/mol. The van der Waals surface area contributed by atoms with Crippen molar-refractivity contribution in [2.45, 2.75) is 0 Å². The van der Waals surface area contributed by atoms with Crippen molar-refractivity contribution in [2.75, 3.05) is 36.5 Å². The Balaban J connectivity index is 1.52. The molecule has 4 heterocycles. The summed E-state index contributed by atoms with van der Waals surface area (Å²) in [7, 11) is 0. The van der Waals surface area contributed by atoms with Gasteiger partial charge in [-0.05, 0) is 30.3 Å². The summed E-state index contributed by atoms with van der Waals surface area (Å²) in [6.07, 6.45) is 6.85. The zero-order valence-electron chi connectivity index (χ0n) is 15.7. The first-order chi connectivity index (χ1) is 14.4. The molecule has 1 aliphatic rings. The standard InChI is InChI=1S/C21H19N7O/c1-2-19-17(20(25-14-24-19)26-16-3-6-22-7-4-16)13-15(1)18-5-8-23-21(27-18)28-9-11-29-12-10-28/h1-8,13-14H,9-12H2,(H,22,24,25,26). The fraction of sp³-hybridized carbons (Fsp3) is 0.190. The Hall–Kier alpha value is -3.65. The maximum Gasteiger partial charge on any atom is 0.226 e. The minimum absolute atomic E-state index is 0.699. The number of pyridine rings is 1. The van der Waals surface area contributed by atoms with Crippen LogP contribution < -0.4 is 10.2 Å². The number of ether oxygens (including phenoxy) is 1. The number of hydrogen-bond donors (Lipinski definition) is 1. The van der Waals surface area contributed by atoms with E-state index < -0.39 is 0 Å². The van der Waals surface area contributed by atoms with Gasteiger partial charge in [0.15, 0.2) is 0 Å². The first kappa shape index (κ1) is 17.4. The highest BCUT2D eigenvalue weighted by Crippen LogP contribution is 2.28.